The van der Waals surface area contributed by atoms with Crippen LogP contribution in [0.4, 0.5) is 0 Å². The summed E-state index contributed by atoms with van der Waals surface area (Å²) >= 11 is 0. The van der Waals surface area contributed by atoms with Crippen LogP contribution in [0.1, 0.15) is 24.5 Å². The average molecular weight is 187 g/mol. The van der Waals surface area contributed by atoms with Gasteiger partial charge in [-0.05, 0) is 18.4 Å². The van der Waals surface area contributed by atoms with Crippen LogP contribution in [0.3, 0.4) is 0 Å². The Labute approximate surface area is 86.1 Å². The van der Waals surface area contributed by atoms with Crippen LogP contribution < -0.4 is 0 Å². The van der Waals surface area contributed by atoms with Crippen molar-refractivity contribution >= 4 is 5.70 Å². The molecule has 0 spiro atoms. The third-order valence-electron chi connectivity index (χ3n) is 2.95. The van der Waals surface area contributed by atoms with Crippen LogP contribution in [0.5, 0.6) is 0 Å². The molecule has 1 saturated heterocycles. The maximum Gasteiger partial charge on any atom is 0.0369 e. The second-order valence-electron chi connectivity index (χ2n) is 3.80. The number of likely N-dealkylation sites (tertiary alicyclic amines) is 1. The van der Waals surface area contributed by atoms with Crippen LogP contribution in [-0.2, 0) is 6.42 Å². The summed E-state index contributed by atoms with van der Waals surface area (Å²) in [6, 6.07) is 8.57. The van der Waals surface area contributed by atoms with Gasteiger partial charge in [-0.25, -0.2) is 0 Å². The van der Waals surface area contributed by atoms with E-state index in [9.17, 15) is 0 Å². The molecule has 1 aliphatic heterocycles. The van der Waals surface area contributed by atoms with Crippen molar-refractivity contribution < 1.29 is 0 Å². The molecule has 1 aliphatic rings. The minimum atomic E-state index is 1.09. The van der Waals surface area contributed by atoms with Crippen LogP contribution in [0.2, 0.25) is 0 Å². The van der Waals surface area contributed by atoms with Gasteiger partial charge in [0.1, 0.15) is 0 Å². The van der Waals surface area contributed by atoms with E-state index in [1.54, 1.807) is 0 Å². The van der Waals surface area contributed by atoms with Gasteiger partial charge in [0.25, 0.3) is 0 Å². The van der Waals surface area contributed by atoms with Crippen molar-refractivity contribution in [2.45, 2.75) is 19.8 Å². The fraction of sp³-hybridized carbons (Fsp3) is 0.385. The van der Waals surface area contributed by atoms with E-state index in [2.05, 4.69) is 42.7 Å². The highest BCUT2D eigenvalue weighted by Crippen LogP contribution is 2.25. The molecule has 1 heterocycles. The number of aryl methyl sites for hydroxylation is 1. The first-order valence-corrected chi connectivity index (χ1v) is 5.35. The Balaban J connectivity index is 2.25. The fourth-order valence-corrected chi connectivity index (χ4v) is 1.87. The number of hydrogen-bond donors (Lipinski definition) is 0. The van der Waals surface area contributed by atoms with Crippen LogP contribution >= 0.6 is 0 Å². The largest absolute Gasteiger partial charge is 0.371 e. The molecule has 1 heteroatoms. The Bertz CT molecular complexity index is 337. The van der Waals surface area contributed by atoms with E-state index < -0.39 is 0 Å². The van der Waals surface area contributed by atoms with Crippen molar-refractivity contribution in [3.8, 4) is 0 Å². The van der Waals surface area contributed by atoms with E-state index in [1.807, 2.05) is 0 Å². The molecule has 1 fully saturated rings. The van der Waals surface area contributed by atoms with Gasteiger partial charge in [-0.1, -0.05) is 37.8 Å². The summed E-state index contributed by atoms with van der Waals surface area (Å²) in [6.07, 6.45) is 2.40. The lowest BCUT2D eigenvalue weighted by molar-refractivity contribution is 0.282. The summed E-state index contributed by atoms with van der Waals surface area (Å²) < 4.78 is 0. The van der Waals surface area contributed by atoms with Gasteiger partial charge in [0, 0.05) is 24.4 Å². The van der Waals surface area contributed by atoms with Gasteiger partial charge in [-0.3, -0.25) is 0 Å². The maximum atomic E-state index is 4.18. The maximum absolute atomic E-state index is 4.18. The molecule has 74 valence electrons. The van der Waals surface area contributed by atoms with Gasteiger partial charge in [0.05, 0.1) is 0 Å². The molecular weight excluding hydrogens is 170 g/mol. The summed E-state index contributed by atoms with van der Waals surface area (Å²) in [5.74, 6) is 0. The molecule has 14 heavy (non-hydrogen) atoms. The third kappa shape index (κ3) is 1.54. The zero-order chi connectivity index (χ0) is 9.97. The Morgan fingerprint density at radius 1 is 1.36 bits per heavy atom. The predicted octanol–water partition coefficient (Wildman–Crippen LogP) is 2.93. The van der Waals surface area contributed by atoms with Crippen LogP contribution in [0, 0.1) is 0 Å². The van der Waals surface area contributed by atoms with Crippen molar-refractivity contribution in [3.05, 3.63) is 42.0 Å². The molecule has 0 unspecified atom stereocenters. The summed E-state index contributed by atoms with van der Waals surface area (Å²) in [5.41, 5.74) is 3.94. The number of benzene rings is 1. The molecule has 0 aromatic heterocycles. The van der Waals surface area contributed by atoms with E-state index in [-0.39, 0.29) is 0 Å². The van der Waals surface area contributed by atoms with Gasteiger partial charge < -0.3 is 4.90 Å². The topological polar surface area (TPSA) is 3.24 Å². The number of nitrogens with zero attached hydrogens (tertiary/aromatic N) is 1. The van der Waals surface area contributed by atoms with Crippen LogP contribution in [0.25, 0.3) is 5.70 Å². The van der Waals surface area contributed by atoms with Gasteiger partial charge in [-0.2, -0.15) is 0 Å². The highest BCUT2D eigenvalue weighted by molar-refractivity contribution is 5.65. The van der Waals surface area contributed by atoms with Crippen LogP contribution in [-0.4, -0.2) is 18.0 Å². The van der Waals surface area contributed by atoms with Crippen molar-refractivity contribution in [2.75, 3.05) is 13.1 Å². The highest BCUT2D eigenvalue weighted by atomic mass is 15.2. The van der Waals surface area contributed by atoms with Crippen LogP contribution in [0.15, 0.2) is 30.8 Å². The minimum Gasteiger partial charge on any atom is -0.371 e. The average Bonchev–Trinajstić information content (AvgIpc) is 2.15. The minimum absolute atomic E-state index is 1.09. The highest BCUT2D eigenvalue weighted by Gasteiger charge is 2.17. The third-order valence-corrected chi connectivity index (χ3v) is 2.95. The molecule has 0 atom stereocenters. The Morgan fingerprint density at radius 3 is 2.64 bits per heavy atom. The first-order valence-electron chi connectivity index (χ1n) is 5.35. The standard InChI is InChI=1S/C13H17N/c1-3-12-7-4-5-8-13(12)11(2)14-9-6-10-14/h4-5,7-8H,2-3,6,9-10H2,1H3. The first-order chi connectivity index (χ1) is 6.83. The van der Waals surface area contributed by atoms with Crippen molar-refractivity contribution in [1.82, 2.24) is 4.90 Å². The zero-order valence-corrected chi connectivity index (χ0v) is 8.79. The number of hydrogen-bond acceptors (Lipinski definition) is 1. The molecule has 0 aliphatic carbocycles. The number of rotatable bonds is 3. The summed E-state index contributed by atoms with van der Waals surface area (Å²) in [5, 5.41) is 0. The second-order valence-corrected chi connectivity index (χ2v) is 3.80. The van der Waals surface area contributed by atoms with E-state index in [0.717, 1.165) is 6.42 Å². The van der Waals surface area contributed by atoms with Crippen molar-refractivity contribution in [2.24, 2.45) is 0 Å². The molecule has 1 aromatic carbocycles. The molecular formula is C13H17N. The smallest absolute Gasteiger partial charge is 0.0369 e. The lowest BCUT2D eigenvalue weighted by atomic mass is 10.0. The Kier molecular flexibility index (Phi) is 2.58. The van der Waals surface area contributed by atoms with Crippen molar-refractivity contribution in [1.29, 1.82) is 0 Å². The molecule has 0 amide bonds. The molecule has 1 aromatic rings. The lowest BCUT2D eigenvalue weighted by Gasteiger charge is -2.35. The lowest BCUT2D eigenvalue weighted by Crippen LogP contribution is -2.35. The molecule has 2 rings (SSSR count). The molecule has 0 N–H and O–H groups in total. The Morgan fingerprint density at radius 2 is 2.07 bits per heavy atom. The normalized spacial score (nSPS) is 15.1. The fourth-order valence-electron chi connectivity index (χ4n) is 1.87. The van der Waals surface area contributed by atoms with E-state index in [4.69, 9.17) is 0 Å². The van der Waals surface area contributed by atoms with Gasteiger partial charge in [0.15, 0.2) is 0 Å². The molecule has 0 bridgehead atoms. The van der Waals surface area contributed by atoms with Gasteiger partial charge >= 0.3 is 0 Å². The van der Waals surface area contributed by atoms with Gasteiger partial charge in [-0.15, -0.1) is 0 Å². The summed E-state index contributed by atoms with van der Waals surface area (Å²) in [6.45, 7) is 8.73. The molecule has 0 saturated carbocycles. The van der Waals surface area contributed by atoms with E-state index in [1.165, 1.54) is 36.3 Å². The second kappa shape index (κ2) is 3.87. The summed E-state index contributed by atoms with van der Waals surface area (Å²) in [7, 11) is 0. The van der Waals surface area contributed by atoms with E-state index in [0.29, 0.717) is 0 Å². The quantitative estimate of drug-likeness (QED) is 0.703. The molecule has 1 nitrogen and oxygen atoms in total. The SMILES string of the molecule is C=C(c1ccccc1CC)N1CCC1. The monoisotopic (exact) mass is 187 g/mol. The van der Waals surface area contributed by atoms with Gasteiger partial charge in [0.2, 0.25) is 0 Å². The van der Waals surface area contributed by atoms with E-state index >= 15 is 0 Å². The van der Waals surface area contributed by atoms with Crippen molar-refractivity contribution in [3.63, 3.8) is 0 Å². The zero-order valence-electron chi connectivity index (χ0n) is 8.79. The Hall–Kier alpha value is -1.24. The predicted molar refractivity (Wildman–Crippen MR) is 61.0 cm³/mol. The summed E-state index contributed by atoms with van der Waals surface area (Å²) in [4.78, 5) is 2.36. The first kappa shape index (κ1) is 9.32. The molecule has 0 radical (unpaired) electrons.